The minimum atomic E-state index is -0.749. The normalized spacial score (nSPS) is 16.9. The molecule has 34 heavy (non-hydrogen) atoms. The Morgan fingerprint density at radius 2 is 2.12 bits per heavy atom. The Labute approximate surface area is 201 Å². The molecule has 1 fully saturated rings. The molecule has 4 heterocycles. The van der Waals surface area contributed by atoms with Crippen molar-refractivity contribution in [2.24, 2.45) is 0 Å². The van der Waals surface area contributed by atoms with Crippen molar-refractivity contribution in [3.63, 3.8) is 0 Å². The van der Waals surface area contributed by atoms with E-state index in [-0.39, 0.29) is 5.92 Å². The molecule has 0 radical (unpaired) electrons. The van der Waals surface area contributed by atoms with Crippen LogP contribution in [0, 0.1) is 0 Å². The molecule has 178 valence electrons. The van der Waals surface area contributed by atoms with E-state index in [1.165, 1.54) is 0 Å². The monoisotopic (exact) mass is 482 g/mol. The Morgan fingerprint density at radius 1 is 1.24 bits per heavy atom. The van der Waals surface area contributed by atoms with Gasteiger partial charge in [0.15, 0.2) is 11.0 Å². The largest absolute Gasteiger partial charge is 0.495 e. The molecule has 0 aliphatic carbocycles. The summed E-state index contributed by atoms with van der Waals surface area (Å²) >= 11 is 1.63. The first-order valence-electron chi connectivity index (χ1n) is 11.2. The van der Waals surface area contributed by atoms with Gasteiger partial charge in [0.25, 0.3) is 0 Å². The smallest absolute Gasteiger partial charge is 0.234 e. The molecule has 1 aliphatic heterocycles. The maximum Gasteiger partial charge on any atom is 0.234 e. The van der Waals surface area contributed by atoms with E-state index in [0.717, 1.165) is 51.7 Å². The number of methoxy groups -OCH3 is 1. The minimum absolute atomic E-state index is 0.184. The fourth-order valence-electron chi connectivity index (χ4n) is 3.97. The van der Waals surface area contributed by atoms with Crippen LogP contribution in [-0.4, -0.2) is 58.6 Å². The van der Waals surface area contributed by atoms with E-state index in [1.54, 1.807) is 38.5 Å². The van der Waals surface area contributed by atoms with Crippen molar-refractivity contribution in [3.05, 3.63) is 48.4 Å². The third-order valence-corrected chi connectivity index (χ3v) is 7.09. The number of halogens is 1. The molecule has 5 rings (SSSR count). The van der Waals surface area contributed by atoms with Crippen LogP contribution < -0.4 is 10.1 Å². The number of ether oxygens (including phenoxy) is 1. The Bertz CT molecular complexity index is 1290. The molecule has 1 aliphatic rings. The van der Waals surface area contributed by atoms with E-state index in [4.69, 9.17) is 14.2 Å². The highest BCUT2D eigenvalue weighted by Crippen LogP contribution is 2.32. The number of anilines is 1. The molecule has 1 aromatic carbocycles. The second kappa shape index (κ2) is 9.27. The van der Waals surface area contributed by atoms with Crippen LogP contribution in [0.3, 0.4) is 0 Å². The van der Waals surface area contributed by atoms with Crippen LogP contribution in [0.2, 0.25) is 0 Å². The van der Waals surface area contributed by atoms with Crippen molar-refractivity contribution in [1.82, 2.24) is 25.0 Å². The molecule has 0 spiro atoms. The van der Waals surface area contributed by atoms with E-state index in [0.29, 0.717) is 18.4 Å². The molecule has 1 atom stereocenters. The van der Waals surface area contributed by atoms with Gasteiger partial charge in [-0.15, -0.1) is 0 Å². The molecule has 1 saturated heterocycles. The van der Waals surface area contributed by atoms with Crippen molar-refractivity contribution in [2.75, 3.05) is 38.9 Å². The van der Waals surface area contributed by atoms with Gasteiger partial charge in [-0.25, -0.2) is 9.37 Å². The summed E-state index contributed by atoms with van der Waals surface area (Å²) in [7, 11) is 1.64. The zero-order chi connectivity index (χ0) is 23.7. The lowest BCUT2D eigenvalue weighted by atomic mass is 9.95. The van der Waals surface area contributed by atoms with Crippen molar-refractivity contribution in [1.29, 1.82) is 0 Å². The number of benzene rings is 1. The van der Waals surface area contributed by atoms with Gasteiger partial charge in [-0.2, -0.15) is 4.98 Å². The fourth-order valence-corrected chi connectivity index (χ4v) is 4.86. The second-order valence-corrected chi connectivity index (χ2v) is 10.2. The lowest BCUT2D eigenvalue weighted by Gasteiger charge is -2.15. The van der Waals surface area contributed by atoms with Crippen LogP contribution in [0.25, 0.3) is 21.3 Å². The molecule has 8 nitrogen and oxygen atoms in total. The predicted octanol–water partition coefficient (Wildman–Crippen LogP) is 4.86. The van der Waals surface area contributed by atoms with Crippen LogP contribution >= 0.6 is 11.3 Å². The van der Waals surface area contributed by atoms with Crippen molar-refractivity contribution in [3.8, 4) is 16.9 Å². The number of nitrogens with zero attached hydrogens (tertiary/aromatic N) is 5. The summed E-state index contributed by atoms with van der Waals surface area (Å²) < 4.78 is 25.0. The zero-order valence-electron chi connectivity index (χ0n) is 19.4. The Balaban J connectivity index is 1.22. The third kappa shape index (κ3) is 4.60. The average molecular weight is 483 g/mol. The maximum atomic E-state index is 13.2. The molecular formula is C24H27FN6O2S. The van der Waals surface area contributed by atoms with E-state index in [9.17, 15) is 4.39 Å². The summed E-state index contributed by atoms with van der Waals surface area (Å²) in [6.45, 7) is 5.43. The van der Waals surface area contributed by atoms with Gasteiger partial charge in [0.2, 0.25) is 5.89 Å². The van der Waals surface area contributed by atoms with Gasteiger partial charge in [-0.3, -0.25) is 9.88 Å². The van der Waals surface area contributed by atoms with Crippen LogP contribution in [-0.2, 0) is 5.41 Å². The van der Waals surface area contributed by atoms with Gasteiger partial charge in [-0.1, -0.05) is 22.6 Å². The van der Waals surface area contributed by atoms with Gasteiger partial charge in [-0.05, 0) is 44.0 Å². The number of likely N-dealkylation sites (tertiary alicyclic amines) is 1. The molecule has 0 amide bonds. The first-order chi connectivity index (χ1) is 16.4. The number of pyridine rings is 1. The number of hydrogen-bond donors (Lipinski definition) is 1. The van der Waals surface area contributed by atoms with Gasteiger partial charge in [0.05, 0.1) is 35.6 Å². The number of hydrogen-bond acceptors (Lipinski definition) is 9. The fraction of sp³-hybridized carbons (Fsp3) is 0.417. The summed E-state index contributed by atoms with van der Waals surface area (Å²) in [6.07, 6.45) is 4.47. The Kier molecular flexibility index (Phi) is 6.18. The van der Waals surface area contributed by atoms with Crippen LogP contribution in [0.15, 0.2) is 41.2 Å². The molecular weight excluding hydrogens is 455 g/mol. The van der Waals surface area contributed by atoms with Gasteiger partial charge < -0.3 is 14.6 Å². The van der Waals surface area contributed by atoms with E-state index >= 15 is 0 Å². The second-order valence-electron chi connectivity index (χ2n) is 9.19. The Hall–Kier alpha value is -3.11. The summed E-state index contributed by atoms with van der Waals surface area (Å²) in [5, 5.41) is 8.45. The van der Waals surface area contributed by atoms with Gasteiger partial charge >= 0.3 is 0 Å². The first kappa shape index (κ1) is 22.7. The molecule has 10 heteroatoms. The number of rotatable bonds is 8. The van der Waals surface area contributed by atoms with Gasteiger partial charge in [0.1, 0.15) is 12.4 Å². The molecule has 3 aromatic heterocycles. The van der Waals surface area contributed by atoms with Crippen LogP contribution in [0.5, 0.6) is 5.75 Å². The summed E-state index contributed by atoms with van der Waals surface area (Å²) in [5.74, 6) is 1.94. The van der Waals surface area contributed by atoms with Crippen molar-refractivity contribution >= 4 is 26.7 Å². The number of alkyl halides is 1. The van der Waals surface area contributed by atoms with Gasteiger partial charge in [0, 0.05) is 30.8 Å². The summed E-state index contributed by atoms with van der Waals surface area (Å²) in [4.78, 5) is 15.8. The predicted molar refractivity (Wildman–Crippen MR) is 130 cm³/mol. The van der Waals surface area contributed by atoms with Crippen molar-refractivity contribution in [2.45, 2.75) is 31.6 Å². The lowest BCUT2D eigenvalue weighted by Crippen LogP contribution is -2.27. The number of fused-ring (bicyclic) bond motifs is 1. The topological polar surface area (TPSA) is 89.2 Å². The number of aromatic nitrogens is 4. The highest BCUT2D eigenvalue weighted by atomic mass is 32.1. The standard InChI is InChI=1S/C24H27FN6O2S/c1-24(2,13-25)22-29-21(30-33-22)16-6-7-31(12-16)14-27-23-28-19-5-4-15(9-20(19)34-23)17-8-18(32-3)11-26-10-17/h4-5,8-11,16H,6-7,12-14H2,1-3H3,(H,27,28). The van der Waals surface area contributed by atoms with E-state index in [1.807, 2.05) is 18.3 Å². The van der Waals surface area contributed by atoms with Crippen molar-refractivity contribution < 1.29 is 13.7 Å². The zero-order valence-corrected chi connectivity index (χ0v) is 20.2. The molecule has 0 saturated carbocycles. The molecule has 1 unspecified atom stereocenters. The summed E-state index contributed by atoms with van der Waals surface area (Å²) in [5.41, 5.74) is 2.29. The summed E-state index contributed by atoms with van der Waals surface area (Å²) in [6, 6.07) is 8.19. The quantitative estimate of drug-likeness (QED) is 0.381. The Morgan fingerprint density at radius 3 is 2.94 bits per heavy atom. The molecule has 4 aromatic rings. The number of thiazole rings is 1. The van der Waals surface area contributed by atoms with Crippen LogP contribution in [0.4, 0.5) is 9.52 Å². The third-order valence-electron chi connectivity index (χ3n) is 6.12. The number of nitrogens with one attached hydrogen (secondary N) is 1. The average Bonchev–Trinajstić information content (AvgIpc) is 3.61. The van der Waals surface area contributed by atoms with E-state index < -0.39 is 12.1 Å². The highest BCUT2D eigenvalue weighted by molar-refractivity contribution is 7.22. The lowest BCUT2D eigenvalue weighted by molar-refractivity contribution is 0.257. The SMILES string of the molecule is COc1cncc(-c2ccc3nc(NCN4CCC(c5noc(C(C)(C)CF)n5)C4)sc3c2)c1. The van der Waals surface area contributed by atoms with Crippen LogP contribution in [0.1, 0.15) is 37.9 Å². The minimum Gasteiger partial charge on any atom is -0.495 e. The van der Waals surface area contributed by atoms with E-state index in [2.05, 4.69) is 37.5 Å². The highest BCUT2D eigenvalue weighted by Gasteiger charge is 2.32. The maximum absolute atomic E-state index is 13.2. The first-order valence-corrected chi connectivity index (χ1v) is 12.0. The molecule has 0 bridgehead atoms. The molecule has 1 N–H and O–H groups in total.